The average molecular weight is 355 g/mol. The van der Waals surface area contributed by atoms with Gasteiger partial charge in [0.1, 0.15) is 0 Å². The third kappa shape index (κ3) is 6.80. The maximum Gasteiger partial charge on any atom is 0.220 e. The number of carbonyl (C=O) groups excluding carboxylic acids is 1. The van der Waals surface area contributed by atoms with Crippen LogP contribution in [0.25, 0.3) is 0 Å². The van der Waals surface area contributed by atoms with Gasteiger partial charge in [-0.25, -0.2) is 0 Å². The molecule has 1 aliphatic rings. The highest BCUT2D eigenvalue weighted by Crippen LogP contribution is 2.23. The largest absolute Gasteiger partial charge is 0.388 e. The van der Waals surface area contributed by atoms with Gasteiger partial charge in [-0.1, -0.05) is 37.3 Å². The minimum Gasteiger partial charge on any atom is -0.388 e. The summed E-state index contributed by atoms with van der Waals surface area (Å²) in [5.41, 5.74) is 0.898. The molecule has 0 saturated carbocycles. The van der Waals surface area contributed by atoms with E-state index in [0.29, 0.717) is 24.7 Å². The van der Waals surface area contributed by atoms with Crippen LogP contribution < -0.4 is 10.6 Å². The molecule has 0 radical (unpaired) electrons. The molecule has 1 heterocycles. The Labute approximate surface area is 151 Å². The first-order valence-electron chi connectivity index (χ1n) is 8.79. The lowest BCUT2D eigenvalue weighted by atomic mass is 9.85. The van der Waals surface area contributed by atoms with Gasteiger partial charge < -0.3 is 15.7 Å². The van der Waals surface area contributed by atoms with Crippen molar-refractivity contribution < 1.29 is 9.90 Å². The number of hydrogen-bond acceptors (Lipinski definition) is 3. The van der Waals surface area contributed by atoms with Crippen molar-refractivity contribution in [2.75, 3.05) is 13.1 Å². The minimum atomic E-state index is -0.536. The summed E-state index contributed by atoms with van der Waals surface area (Å²) in [6, 6.07) is 9.57. The van der Waals surface area contributed by atoms with Crippen LogP contribution in [0.4, 0.5) is 0 Å². The number of nitrogens with one attached hydrogen (secondary N) is 2. The number of rotatable bonds is 7. The van der Waals surface area contributed by atoms with E-state index in [4.69, 9.17) is 0 Å². The van der Waals surface area contributed by atoms with E-state index in [1.165, 1.54) is 12.8 Å². The number of benzene rings is 1. The van der Waals surface area contributed by atoms with E-state index in [9.17, 15) is 9.90 Å². The van der Waals surface area contributed by atoms with Crippen LogP contribution >= 0.6 is 12.4 Å². The van der Waals surface area contributed by atoms with Crippen LogP contribution in [0.5, 0.6) is 0 Å². The molecular formula is C19H31ClN2O2. The Hall–Kier alpha value is -1.10. The van der Waals surface area contributed by atoms with Crippen LogP contribution in [-0.4, -0.2) is 30.1 Å². The molecule has 136 valence electrons. The van der Waals surface area contributed by atoms with Gasteiger partial charge in [0.25, 0.3) is 0 Å². The molecule has 1 saturated heterocycles. The minimum absolute atomic E-state index is 0. The molecule has 4 unspecified atom stereocenters. The number of hydrogen-bond donors (Lipinski definition) is 3. The number of piperidine rings is 1. The maximum atomic E-state index is 12.2. The van der Waals surface area contributed by atoms with Crippen LogP contribution in [0, 0.1) is 11.8 Å². The first-order valence-corrected chi connectivity index (χ1v) is 8.79. The van der Waals surface area contributed by atoms with Crippen LogP contribution in [0.1, 0.15) is 51.2 Å². The van der Waals surface area contributed by atoms with Crippen molar-refractivity contribution in [3.63, 3.8) is 0 Å². The Morgan fingerprint density at radius 3 is 2.67 bits per heavy atom. The first-order chi connectivity index (χ1) is 11.1. The normalized spacial score (nSPS) is 21.2. The van der Waals surface area contributed by atoms with E-state index in [1.54, 1.807) is 0 Å². The van der Waals surface area contributed by atoms with Crippen molar-refractivity contribution in [1.29, 1.82) is 0 Å². The molecule has 1 aromatic rings. The van der Waals surface area contributed by atoms with Crippen molar-refractivity contribution >= 4 is 18.3 Å². The summed E-state index contributed by atoms with van der Waals surface area (Å²) >= 11 is 0. The zero-order chi connectivity index (χ0) is 16.7. The quantitative estimate of drug-likeness (QED) is 0.705. The summed E-state index contributed by atoms with van der Waals surface area (Å²) in [4.78, 5) is 12.2. The summed E-state index contributed by atoms with van der Waals surface area (Å²) in [6.45, 7) is 6.25. The molecule has 4 atom stereocenters. The zero-order valence-electron chi connectivity index (χ0n) is 14.7. The fourth-order valence-electron chi connectivity index (χ4n) is 3.36. The van der Waals surface area contributed by atoms with Crippen LogP contribution in [0.3, 0.4) is 0 Å². The highest BCUT2D eigenvalue weighted by molar-refractivity contribution is 5.85. The highest BCUT2D eigenvalue weighted by atomic mass is 35.5. The SMILES string of the molecule is CC(CC(O)c1ccccc1)NC(=O)CC(C)C1CCCNC1.Cl. The zero-order valence-corrected chi connectivity index (χ0v) is 15.5. The molecule has 4 nitrogen and oxygen atoms in total. The second kappa shape index (κ2) is 10.7. The molecular weight excluding hydrogens is 324 g/mol. The summed E-state index contributed by atoms with van der Waals surface area (Å²) < 4.78 is 0. The van der Waals surface area contributed by atoms with E-state index in [0.717, 1.165) is 18.7 Å². The molecule has 1 fully saturated rings. The number of halogens is 1. The van der Waals surface area contributed by atoms with E-state index in [1.807, 2.05) is 37.3 Å². The van der Waals surface area contributed by atoms with Crippen molar-refractivity contribution in [1.82, 2.24) is 10.6 Å². The third-order valence-corrected chi connectivity index (χ3v) is 4.82. The molecule has 0 aliphatic carbocycles. The fraction of sp³-hybridized carbons (Fsp3) is 0.632. The van der Waals surface area contributed by atoms with E-state index >= 15 is 0 Å². The van der Waals surface area contributed by atoms with Gasteiger partial charge in [0.2, 0.25) is 5.91 Å². The second-order valence-electron chi connectivity index (χ2n) is 6.92. The van der Waals surface area contributed by atoms with Gasteiger partial charge in [0, 0.05) is 12.5 Å². The Bertz CT molecular complexity index is 478. The summed E-state index contributed by atoms with van der Waals surface area (Å²) in [6.07, 6.45) is 2.99. The van der Waals surface area contributed by atoms with Gasteiger partial charge in [-0.15, -0.1) is 12.4 Å². The Kier molecular flexibility index (Phi) is 9.34. The molecule has 24 heavy (non-hydrogen) atoms. The van der Waals surface area contributed by atoms with Gasteiger partial charge in [-0.2, -0.15) is 0 Å². The monoisotopic (exact) mass is 354 g/mol. The topological polar surface area (TPSA) is 61.4 Å². The number of aliphatic hydroxyl groups is 1. The summed E-state index contributed by atoms with van der Waals surface area (Å²) in [5, 5.41) is 16.7. The van der Waals surface area contributed by atoms with Crippen LogP contribution in [0.15, 0.2) is 30.3 Å². The lowest BCUT2D eigenvalue weighted by Gasteiger charge is -2.28. The molecule has 3 N–H and O–H groups in total. The number of carbonyl (C=O) groups is 1. The predicted octanol–water partition coefficient (Wildman–Crippen LogP) is 3.06. The fourth-order valence-corrected chi connectivity index (χ4v) is 3.36. The Morgan fingerprint density at radius 2 is 2.04 bits per heavy atom. The van der Waals surface area contributed by atoms with E-state index < -0.39 is 6.10 Å². The van der Waals surface area contributed by atoms with Crippen molar-refractivity contribution in [3.8, 4) is 0 Å². The third-order valence-electron chi connectivity index (χ3n) is 4.82. The van der Waals surface area contributed by atoms with Crippen molar-refractivity contribution in [3.05, 3.63) is 35.9 Å². The Morgan fingerprint density at radius 1 is 1.33 bits per heavy atom. The molecule has 1 amide bonds. The van der Waals surface area contributed by atoms with Gasteiger partial charge in [-0.05, 0) is 56.7 Å². The highest BCUT2D eigenvalue weighted by Gasteiger charge is 2.23. The van der Waals surface area contributed by atoms with E-state index in [-0.39, 0.29) is 24.4 Å². The van der Waals surface area contributed by atoms with Crippen LogP contribution in [-0.2, 0) is 4.79 Å². The van der Waals surface area contributed by atoms with Crippen molar-refractivity contribution in [2.24, 2.45) is 11.8 Å². The smallest absolute Gasteiger partial charge is 0.220 e. The molecule has 0 spiro atoms. The van der Waals surface area contributed by atoms with Gasteiger partial charge in [-0.3, -0.25) is 4.79 Å². The lowest BCUT2D eigenvalue weighted by Crippen LogP contribution is -2.38. The molecule has 5 heteroatoms. The summed E-state index contributed by atoms with van der Waals surface area (Å²) in [7, 11) is 0. The number of aliphatic hydroxyl groups excluding tert-OH is 1. The van der Waals surface area contributed by atoms with Crippen molar-refractivity contribution in [2.45, 2.75) is 51.7 Å². The maximum absolute atomic E-state index is 12.2. The summed E-state index contributed by atoms with van der Waals surface area (Å²) in [5.74, 6) is 1.09. The second-order valence-corrected chi connectivity index (χ2v) is 6.92. The molecule has 1 aliphatic heterocycles. The molecule has 2 rings (SSSR count). The lowest BCUT2D eigenvalue weighted by molar-refractivity contribution is -0.123. The number of amides is 1. The average Bonchev–Trinajstić information content (AvgIpc) is 2.56. The van der Waals surface area contributed by atoms with E-state index in [2.05, 4.69) is 17.6 Å². The Balaban J connectivity index is 0.00000288. The van der Waals surface area contributed by atoms with Gasteiger partial charge in [0.15, 0.2) is 0 Å². The molecule has 0 aromatic heterocycles. The molecule has 1 aromatic carbocycles. The first kappa shape index (κ1) is 20.9. The van der Waals surface area contributed by atoms with Crippen LogP contribution in [0.2, 0.25) is 0 Å². The predicted molar refractivity (Wildman–Crippen MR) is 100 cm³/mol. The molecule has 0 bridgehead atoms. The van der Waals surface area contributed by atoms with Gasteiger partial charge >= 0.3 is 0 Å². The standard InChI is InChI=1S/C19H30N2O2.ClH/c1-14(17-9-6-10-20-13-17)11-19(23)21-15(2)12-18(22)16-7-4-3-5-8-16;/h3-5,7-8,14-15,17-18,20,22H,6,9-13H2,1-2H3,(H,21,23);1H. The van der Waals surface area contributed by atoms with Gasteiger partial charge in [0.05, 0.1) is 6.10 Å².